The highest BCUT2D eigenvalue weighted by atomic mass is 35.5. The number of aryl methyl sites for hydroxylation is 1. The van der Waals surface area contributed by atoms with Gasteiger partial charge in [-0.25, -0.2) is 16.8 Å². The van der Waals surface area contributed by atoms with Crippen molar-refractivity contribution < 1.29 is 21.6 Å². The number of hydrogen-bond acceptors (Lipinski definition) is 5. The molecular weight excluding hydrogens is 472 g/mol. The van der Waals surface area contributed by atoms with E-state index in [-0.39, 0.29) is 9.79 Å². The largest absolute Gasteiger partial charge is 0.497 e. The first-order valence-corrected chi connectivity index (χ1v) is 13.1. The second-order valence-electron chi connectivity index (χ2n) is 7.26. The highest BCUT2D eigenvalue weighted by Gasteiger charge is 2.29. The molecule has 0 amide bonds. The Kier molecular flexibility index (Phi) is 6.07. The molecule has 1 heterocycles. The highest BCUT2D eigenvalue weighted by Crippen LogP contribution is 2.34. The summed E-state index contributed by atoms with van der Waals surface area (Å²) >= 11 is 5.84. The van der Waals surface area contributed by atoms with Crippen molar-refractivity contribution in [1.82, 2.24) is 0 Å². The lowest BCUT2D eigenvalue weighted by Crippen LogP contribution is -2.35. The smallest absolute Gasteiger partial charge is 0.264 e. The summed E-state index contributed by atoms with van der Waals surface area (Å²) in [6.45, 7) is 0.344. The number of ether oxygens (including phenoxy) is 1. The van der Waals surface area contributed by atoms with E-state index in [9.17, 15) is 16.8 Å². The van der Waals surface area contributed by atoms with E-state index in [4.69, 9.17) is 16.3 Å². The Morgan fingerprint density at radius 3 is 2.22 bits per heavy atom. The third kappa shape index (κ3) is 4.41. The molecule has 4 rings (SSSR count). The van der Waals surface area contributed by atoms with Gasteiger partial charge in [0.1, 0.15) is 5.75 Å². The van der Waals surface area contributed by atoms with Crippen molar-refractivity contribution in [2.75, 3.05) is 22.7 Å². The Labute approximate surface area is 192 Å². The van der Waals surface area contributed by atoms with Crippen LogP contribution in [0.2, 0.25) is 5.02 Å². The fourth-order valence-electron chi connectivity index (χ4n) is 3.58. The van der Waals surface area contributed by atoms with Crippen LogP contribution in [0.5, 0.6) is 5.75 Å². The van der Waals surface area contributed by atoms with Crippen LogP contribution in [0.25, 0.3) is 0 Å². The topological polar surface area (TPSA) is 92.8 Å². The Balaban J connectivity index is 1.63. The Morgan fingerprint density at radius 1 is 0.906 bits per heavy atom. The first-order chi connectivity index (χ1) is 15.2. The van der Waals surface area contributed by atoms with Crippen molar-refractivity contribution in [3.63, 3.8) is 0 Å². The van der Waals surface area contributed by atoms with Gasteiger partial charge in [0.2, 0.25) is 0 Å². The zero-order chi connectivity index (χ0) is 22.9. The maximum atomic E-state index is 13.2. The van der Waals surface area contributed by atoms with Crippen LogP contribution in [0.3, 0.4) is 0 Å². The molecule has 0 unspecified atom stereocenters. The van der Waals surface area contributed by atoms with Crippen LogP contribution in [-0.2, 0) is 26.5 Å². The number of methoxy groups -OCH3 is 1. The maximum Gasteiger partial charge on any atom is 0.264 e. The van der Waals surface area contributed by atoms with E-state index in [0.29, 0.717) is 41.5 Å². The fourth-order valence-corrected chi connectivity index (χ4v) is 6.30. The molecule has 7 nitrogen and oxygen atoms in total. The van der Waals surface area contributed by atoms with Crippen molar-refractivity contribution in [1.29, 1.82) is 0 Å². The van der Waals surface area contributed by atoms with E-state index in [2.05, 4.69) is 4.72 Å². The number of rotatable bonds is 6. The van der Waals surface area contributed by atoms with E-state index in [1.165, 1.54) is 47.8 Å². The van der Waals surface area contributed by atoms with Gasteiger partial charge in [0, 0.05) is 17.3 Å². The quantitative estimate of drug-likeness (QED) is 0.554. The van der Waals surface area contributed by atoms with Gasteiger partial charge in [-0.15, -0.1) is 0 Å². The first kappa shape index (κ1) is 22.4. The highest BCUT2D eigenvalue weighted by molar-refractivity contribution is 7.93. The van der Waals surface area contributed by atoms with Gasteiger partial charge in [-0.05, 0) is 85.1 Å². The van der Waals surface area contributed by atoms with Crippen molar-refractivity contribution in [2.45, 2.75) is 22.6 Å². The number of sulfonamides is 2. The molecule has 0 radical (unpaired) electrons. The number of nitrogens with one attached hydrogen (secondary N) is 1. The van der Waals surface area contributed by atoms with E-state index < -0.39 is 20.0 Å². The monoisotopic (exact) mass is 492 g/mol. The summed E-state index contributed by atoms with van der Waals surface area (Å²) in [7, 11) is -6.05. The van der Waals surface area contributed by atoms with Crippen LogP contribution in [0, 0.1) is 0 Å². The van der Waals surface area contributed by atoms with Crippen LogP contribution < -0.4 is 13.8 Å². The maximum absolute atomic E-state index is 13.2. The summed E-state index contributed by atoms with van der Waals surface area (Å²) in [6.07, 6.45) is 1.26. The van der Waals surface area contributed by atoms with E-state index in [1.54, 1.807) is 30.3 Å². The minimum atomic E-state index is -3.80. The molecule has 0 aliphatic carbocycles. The molecule has 1 aliphatic rings. The molecule has 1 aliphatic heterocycles. The minimum absolute atomic E-state index is 0.0864. The summed E-state index contributed by atoms with van der Waals surface area (Å²) in [4.78, 5) is 0.252. The predicted molar refractivity (Wildman–Crippen MR) is 125 cm³/mol. The molecule has 0 saturated heterocycles. The third-order valence-electron chi connectivity index (χ3n) is 5.18. The second kappa shape index (κ2) is 8.65. The van der Waals surface area contributed by atoms with Crippen molar-refractivity contribution in [3.8, 4) is 5.75 Å². The summed E-state index contributed by atoms with van der Waals surface area (Å²) in [5.41, 5.74) is 1.66. The summed E-state index contributed by atoms with van der Waals surface area (Å²) < 4.78 is 60.8. The van der Waals surface area contributed by atoms with Crippen LogP contribution in [0.15, 0.2) is 76.5 Å². The normalized spacial score (nSPS) is 14.0. The van der Waals surface area contributed by atoms with Gasteiger partial charge in [-0.2, -0.15) is 0 Å². The predicted octanol–water partition coefficient (Wildman–Crippen LogP) is 4.29. The Bertz CT molecular complexity index is 1340. The average molecular weight is 493 g/mol. The van der Waals surface area contributed by atoms with Crippen molar-refractivity contribution in [3.05, 3.63) is 77.3 Å². The summed E-state index contributed by atoms with van der Waals surface area (Å²) in [6, 6.07) is 17.0. The lowest BCUT2D eigenvalue weighted by molar-refractivity contribution is 0.414. The van der Waals surface area contributed by atoms with Gasteiger partial charge < -0.3 is 4.74 Å². The number of fused-ring (bicyclic) bond motifs is 1. The molecule has 3 aromatic rings. The van der Waals surface area contributed by atoms with Gasteiger partial charge in [0.05, 0.1) is 22.6 Å². The molecule has 0 atom stereocenters. The van der Waals surface area contributed by atoms with Crippen molar-refractivity contribution >= 4 is 43.0 Å². The molecule has 10 heteroatoms. The standard InChI is InChI=1S/C22H21ClN2O5S2/c1-30-19-7-11-21(12-8-19)32(28,29)25-14-2-3-16-15-18(6-13-22(16)25)24-31(26,27)20-9-4-17(23)5-10-20/h4-13,15,24H,2-3,14H2,1H3. The van der Waals surface area contributed by atoms with Gasteiger partial charge in [-0.1, -0.05) is 11.6 Å². The fraction of sp³-hybridized carbons (Fsp3) is 0.182. The zero-order valence-electron chi connectivity index (χ0n) is 17.2. The van der Waals surface area contributed by atoms with Gasteiger partial charge >= 0.3 is 0 Å². The molecular formula is C22H21ClN2O5S2. The first-order valence-electron chi connectivity index (χ1n) is 9.79. The summed E-state index contributed by atoms with van der Waals surface area (Å²) in [5.74, 6) is 0.570. The number of halogens is 1. The van der Waals surface area contributed by atoms with Crippen LogP contribution in [-0.4, -0.2) is 30.5 Å². The van der Waals surface area contributed by atoms with E-state index in [1.807, 2.05) is 0 Å². The van der Waals surface area contributed by atoms with Gasteiger partial charge in [0.15, 0.2) is 0 Å². The number of hydrogen-bond donors (Lipinski definition) is 1. The number of anilines is 2. The molecule has 3 aromatic carbocycles. The zero-order valence-corrected chi connectivity index (χ0v) is 19.5. The Morgan fingerprint density at radius 2 is 1.56 bits per heavy atom. The molecule has 0 fully saturated rings. The molecule has 0 saturated carbocycles. The molecule has 0 spiro atoms. The van der Waals surface area contributed by atoms with Crippen LogP contribution in [0.4, 0.5) is 11.4 Å². The molecule has 168 valence electrons. The average Bonchev–Trinajstić information content (AvgIpc) is 2.78. The summed E-state index contributed by atoms with van der Waals surface area (Å²) in [5, 5.41) is 0.441. The molecule has 0 aromatic heterocycles. The molecule has 1 N–H and O–H groups in total. The third-order valence-corrected chi connectivity index (χ3v) is 8.66. The van der Waals surface area contributed by atoms with Crippen LogP contribution in [0.1, 0.15) is 12.0 Å². The van der Waals surface area contributed by atoms with Crippen molar-refractivity contribution in [2.24, 2.45) is 0 Å². The molecule has 32 heavy (non-hydrogen) atoms. The van der Waals surface area contributed by atoms with Gasteiger partial charge in [0.25, 0.3) is 20.0 Å². The van der Waals surface area contributed by atoms with Crippen LogP contribution >= 0.6 is 11.6 Å². The minimum Gasteiger partial charge on any atom is -0.497 e. The van der Waals surface area contributed by atoms with E-state index in [0.717, 1.165) is 5.56 Å². The van der Waals surface area contributed by atoms with E-state index >= 15 is 0 Å². The second-order valence-corrected chi connectivity index (χ2v) is 11.2. The van der Waals surface area contributed by atoms with Gasteiger partial charge in [-0.3, -0.25) is 9.03 Å². The molecule has 0 bridgehead atoms. The number of benzene rings is 3. The lowest BCUT2D eigenvalue weighted by atomic mass is 10.0. The SMILES string of the molecule is COc1ccc(S(=O)(=O)N2CCCc3cc(NS(=O)(=O)c4ccc(Cl)cc4)ccc32)cc1. The lowest BCUT2D eigenvalue weighted by Gasteiger charge is -2.31. The number of nitrogens with zero attached hydrogens (tertiary/aromatic N) is 1. The Hall–Kier alpha value is -2.75.